The lowest BCUT2D eigenvalue weighted by Gasteiger charge is -2.38. The van der Waals surface area contributed by atoms with Crippen molar-refractivity contribution in [3.63, 3.8) is 0 Å². The number of aromatic nitrogens is 5. The average Bonchev–Trinajstić information content (AvgIpc) is 2.99. The minimum absolute atomic E-state index is 0.208. The third kappa shape index (κ3) is 2.98. The van der Waals surface area contributed by atoms with Gasteiger partial charge in [0, 0.05) is 37.2 Å². The van der Waals surface area contributed by atoms with Crippen molar-refractivity contribution in [3.8, 4) is 11.3 Å². The second-order valence-corrected chi connectivity index (χ2v) is 6.22. The van der Waals surface area contributed by atoms with E-state index in [9.17, 15) is 22.4 Å². The van der Waals surface area contributed by atoms with Crippen LogP contribution in [0.1, 0.15) is 11.7 Å². The molecule has 0 atom stereocenters. The van der Waals surface area contributed by atoms with E-state index < -0.39 is 23.6 Å². The number of nitrogens with zero attached hydrogens (tertiary/aromatic N) is 6. The minimum atomic E-state index is -4.54. The van der Waals surface area contributed by atoms with E-state index >= 15 is 0 Å². The summed E-state index contributed by atoms with van der Waals surface area (Å²) in [5, 5.41) is 4.43. The second-order valence-electron chi connectivity index (χ2n) is 6.22. The molecule has 0 spiro atoms. The fraction of sp³-hybridized carbons (Fsp3) is 0.235. The summed E-state index contributed by atoms with van der Waals surface area (Å²) in [6, 6.07) is 1.87. The van der Waals surface area contributed by atoms with Crippen LogP contribution in [0, 0.1) is 0 Å². The molecule has 0 aliphatic carbocycles. The molecular formula is C17H12F4N6O. The largest absolute Gasteiger partial charge is 0.433 e. The Balaban J connectivity index is 1.68. The molecule has 0 aromatic carbocycles. The van der Waals surface area contributed by atoms with Crippen molar-refractivity contribution in [2.45, 2.75) is 12.2 Å². The van der Waals surface area contributed by atoms with Gasteiger partial charge in [0.15, 0.2) is 11.5 Å². The molecule has 4 heterocycles. The van der Waals surface area contributed by atoms with Gasteiger partial charge in [-0.3, -0.25) is 9.78 Å². The lowest BCUT2D eigenvalue weighted by atomic mass is 10.1. The van der Waals surface area contributed by atoms with E-state index in [1.807, 2.05) is 0 Å². The summed E-state index contributed by atoms with van der Waals surface area (Å²) in [4.78, 5) is 24.8. The van der Waals surface area contributed by atoms with Crippen LogP contribution in [0.4, 0.5) is 17.6 Å². The fourth-order valence-electron chi connectivity index (χ4n) is 2.97. The number of fused-ring (bicyclic) bond motifs is 1. The molecule has 0 saturated carbocycles. The van der Waals surface area contributed by atoms with Crippen LogP contribution in [0.25, 0.3) is 22.4 Å². The van der Waals surface area contributed by atoms with Crippen LogP contribution in [0.3, 0.4) is 0 Å². The molecule has 1 saturated heterocycles. The number of alkyl halides is 3. The van der Waals surface area contributed by atoms with Gasteiger partial charge in [-0.05, 0) is 12.1 Å². The number of carbonyl (C=O) groups is 1. The molecule has 0 N–H and O–H groups in total. The number of amides is 1. The summed E-state index contributed by atoms with van der Waals surface area (Å²) < 4.78 is 52.7. The number of pyridine rings is 1. The summed E-state index contributed by atoms with van der Waals surface area (Å²) in [5.41, 5.74) is 0.466. The summed E-state index contributed by atoms with van der Waals surface area (Å²) in [6.45, 7) is 3.40. The van der Waals surface area contributed by atoms with Crippen molar-refractivity contribution in [1.82, 2.24) is 29.6 Å². The molecule has 0 radical (unpaired) electrons. The Morgan fingerprint density at radius 3 is 2.46 bits per heavy atom. The predicted octanol–water partition coefficient (Wildman–Crippen LogP) is 2.77. The molecular weight excluding hydrogens is 380 g/mol. The van der Waals surface area contributed by atoms with E-state index in [0.29, 0.717) is 22.4 Å². The van der Waals surface area contributed by atoms with E-state index in [2.05, 4.69) is 26.6 Å². The highest BCUT2D eigenvalue weighted by molar-refractivity contribution is 5.91. The van der Waals surface area contributed by atoms with Gasteiger partial charge in [0.1, 0.15) is 16.9 Å². The van der Waals surface area contributed by atoms with Gasteiger partial charge < -0.3 is 4.90 Å². The first-order valence-corrected chi connectivity index (χ1v) is 8.12. The van der Waals surface area contributed by atoms with Crippen LogP contribution in [0.15, 0.2) is 43.1 Å². The Labute approximate surface area is 155 Å². The number of carbonyl (C=O) groups excluding carboxylic acids is 1. The number of hydrogen-bond donors (Lipinski definition) is 0. The molecule has 4 rings (SSSR count). The molecule has 0 bridgehead atoms. The summed E-state index contributed by atoms with van der Waals surface area (Å²) in [5.74, 6) is -1.83. The molecule has 3 aromatic heterocycles. The first kappa shape index (κ1) is 18.0. The predicted molar refractivity (Wildman–Crippen MR) is 89.4 cm³/mol. The third-order valence-corrected chi connectivity index (χ3v) is 4.38. The highest BCUT2D eigenvalue weighted by Crippen LogP contribution is 2.32. The van der Waals surface area contributed by atoms with Gasteiger partial charge in [-0.25, -0.2) is 19.0 Å². The topological polar surface area (TPSA) is 76.8 Å². The van der Waals surface area contributed by atoms with Crippen molar-refractivity contribution in [2.24, 2.45) is 0 Å². The van der Waals surface area contributed by atoms with E-state index in [4.69, 9.17) is 0 Å². The molecule has 0 unspecified atom stereocenters. The summed E-state index contributed by atoms with van der Waals surface area (Å²) in [6.07, 6.45) is -0.561. The lowest BCUT2D eigenvalue weighted by Crippen LogP contribution is -2.51. The summed E-state index contributed by atoms with van der Waals surface area (Å²) in [7, 11) is 0. The molecule has 1 aliphatic rings. The van der Waals surface area contributed by atoms with E-state index in [-0.39, 0.29) is 19.1 Å². The maximum atomic E-state index is 13.0. The summed E-state index contributed by atoms with van der Waals surface area (Å²) >= 11 is 0. The van der Waals surface area contributed by atoms with Gasteiger partial charge in [-0.1, -0.05) is 6.58 Å². The second kappa shape index (κ2) is 6.36. The zero-order chi connectivity index (χ0) is 20.1. The van der Waals surface area contributed by atoms with Crippen LogP contribution >= 0.6 is 0 Å². The first-order valence-electron chi connectivity index (χ1n) is 8.12. The average molecular weight is 392 g/mol. The van der Waals surface area contributed by atoms with Gasteiger partial charge in [-0.15, -0.1) is 0 Å². The molecule has 11 heteroatoms. The molecule has 144 valence electrons. The molecule has 1 fully saturated rings. The molecule has 1 amide bonds. The van der Waals surface area contributed by atoms with Gasteiger partial charge >= 0.3 is 6.18 Å². The van der Waals surface area contributed by atoms with Crippen molar-refractivity contribution in [1.29, 1.82) is 0 Å². The molecule has 1 aliphatic heterocycles. The molecule has 7 nitrogen and oxygen atoms in total. The zero-order valence-corrected chi connectivity index (χ0v) is 14.2. The van der Waals surface area contributed by atoms with Gasteiger partial charge in [0.25, 0.3) is 5.91 Å². The van der Waals surface area contributed by atoms with Crippen LogP contribution in [0.5, 0.6) is 0 Å². The minimum Gasteiger partial charge on any atom is -0.332 e. The van der Waals surface area contributed by atoms with Crippen LogP contribution in [-0.4, -0.2) is 48.6 Å². The van der Waals surface area contributed by atoms with E-state index in [0.717, 1.165) is 12.3 Å². The fourth-order valence-corrected chi connectivity index (χ4v) is 2.97. The monoisotopic (exact) mass is 392 g/mol. The first-order chi connectivity index (χ1) is 13.3. The highest BCUT2D eigenvalue weighted by Gasteiger charge is 2.36. The van der Waals surface area contributed by atoms with Crippen molar-refractivity contribution in [3.05, 3.63) is 48.8 Å². The SMILES string of the molecule is C=C(F)C(=O)N1CC(n2nc(-c3ccc(C(F)(F)F)nc3)c3nccnc32)C1. The Hall–Kier alpha value is -3.37. The molecule has 3 aromatic rings. The Kier molecular flexibility index (Phi) is 4.09. The number of rotatable bonds is 3. The van der Waals surface area contributed by atoms with Crippen LogP contribution in [0.2, 0.25) is 0 Å². The number of halogens is 4. The van der Waals surface area contributed by atoms with E-state index in [1.54, 1.807) is 4.68 Å². The number of hydrogen-bond acceptors (Lipinski definition) is 5. The number of likely N-dealkylation sites (tertiary alicyclic amines) is 1. The van der Waals surface area contributed by atoms with Crippen LogP contribution < -0.4 is 0 Å². The maximum Gasteiger partial charge on any atom is 0.433 e. The highest BCUT2D eigenvalue weighted by atomic mass is 19.4. The van der Waals surface area contributed by atoms with Gasteiger partial charge in [-0.2, -0.15) is 18.3 Å². The van der Waals surface area contributed by atoms with Crippen LogP contribution in [-0.2, 0) is 11.0 Å². The Bertz CT molecular complexity index is 1070. The maximum absolute atomic E-state index is 13.0. The molecule has 28 heavy (non-hydrogen) atoms. The normalized spacial score (nSPS) is 14.9. The quantitative estimate of drug-likeness (QED) is 0.506. The zero-order valence-electron chi connectivity index (χ0n) is 14.2. The lowest BCUT2D eigenvalue weighted by molar-refractivity contribution is -0.141. The van der Waals surface area contributed by atoms with Crippen molar-refractivity contribution < 1.29 is 22.4 Å². The van der Waals surface area contributed by atoms with Crippen molar-refractivity contribution >= 4 is 17.1 Å². The Morgan fingerprint density at radius 1 is 1.14 bits per heavy atom. The smallest absolute Gasteiger partial charge is 0.332 e. The van der Waals surface area contributed by atoms with Crippen molar-refractivity contribution in [2.75, 3.05) is 13.1 Å². The van der Waals surface area contributed by atoms with Gasteiger partial charge in [0.05, 0.1) is 6.04 Å². The van der Waals surface area contributed by atoms with Gasteiger partial charge in [0.2, 0.25) is 0 Å². The standard InChI is InChI=1S/C17H12F4N6O/c1-9(18)16(28)26-7-11(8-26)27-15-14(22-4-5-23-15)13(25-27)10-2-3-12(24-6-10)17(19,20)21/h2-6,11H,1,7-8H2. The third-order valence-electron chi connectivity index (χ3n) is 4.38. The Morgan fingerprint density at radius 2 is 1.86 bits per heavy atom. The van der Waals surface area contributed by atoms with E-state index in [1.165, 1.54) is 23.4 Å².